The van der Waals surface area contributed by atoms with Gasteiger partial charge in [0.15, 0.2) is 5.13 Å². The van der Waals surface area contributed by atoms with Gasteiger partial charge in [0, 0.05) is 5.69 Å². The molecule has 4 nitrogen and oxygen atoms in total. The third-order valence-corrected chi connectivity index (χ3v) is 6.30. The summed E-state index contributed by atoms with van der Waals surface area (Å²) in [6.07, 6.45) is 0. The summed E-state index contributed by atoms with van der Waals surface area (Å²) in [4.78, 5) is 4.57. The fourth-order valence-electron chi connectivity index (χ4n) is 2.79. The summed E-state index contributed by atoms with van der Waals surface area (Å²) in [5, 5.41) is 4.82. The predicted octanol–water partition coefficient (Wildman–Crippen LogP) is 4.99. The van der Waals surface area contributed by atoms with Crippen molar-refractivity contribution in [2.24, 2.45) is 0 Å². The number of hydrogen-bond acceptors (Lipinski definition) is 5. The van der Waals surface area contributed by atoms with E-state index in [4.69, 9.17) is 20.9 Å². The molecule has 2 aromatic carbocycles. The van der Waals surface area contributed by atoms with Gasteiger partial charge < -0.3 is 14.6 Å². The molecule has 0 spiro atoms. The summed E-state index contributed by atoms with van der Waals surface area (Å²) in [5.74, 6) is 0. The second kappa shape index (κ2) is 6.24. The first-order chi connectivity index (χ1) is 12.2. The fourth-order valence-corrected chi connectivity index (χ4v) is 3.98. The van der Waals surface area contributed by atoms with Crippen LogP contribution < -0.4 is 10.8 Å². The van der Waals surface area contributed by atoms with E-state index in [-0.39, 0.29) is 18.3 Å². The largest absolute Gasteiger partial charge is 0.494 e. The Bertz CT molecular complexity index is 940. The van der Waals surface area contributed by atoms with E-state index in [1.54, 1.807) is 11.3 Å². The van der Waals surface area contributed by atoms with Crippen molar-refractivity contribution in [1.29, 1.82) is 0 Å². The van der Waals surface area contributed by atoms with Gasteiger partial charge in [0.25, 0.3) is 0 Å². The maximum atomic E-state index is 6.20. The minimum atomic E-state index is -0.352. The van der Waals surface area contributed by atoms with Crippen LogP contribution in [0.2, 0.25) is 5.02 Å². The minimum Gasteiger partial charge on any atom is -0.399 e. The zero-order chi connectivity index (χ0) is 18.5. The first-order valence-electron chi connectivity index (χ1n) is 8.53. The number of nitrogens with zero attached hydrogens (tertiary/aromatic N) is 1. The molecule has 1 aliphatic rings. The number of anilines is 2. The molecule has 0 unspecified atom stereocenters. The van der Waals surface area contributed by atoms with Gasteiger partial charge in [0.1, 0.15) is 5.52 Å². The molecule has 0 saturated carbocycles. The number of benzene rings is 2. The van der Waals surface area contributed by atoms with E-state index in [9.17, 15) is 0 Å². The summed E-state index contributed by atoms with van der Waals surface area (Å²) < 4.78 is 13.3. The Kier molecular flexibility index (Phi) is 4.27. The van der Waals surface area contributed by atoms with Crippen LogP contribution in [0.15, 0.2) is 42.5 Å². The number of para-hydroxylation sites is 1. The van der Waals surface area contributed by atoms with Gasteiger partial charge in [-0.2, -0.15) is 0 Å². The predicted molar refractivity (Wildman–Crippen MR) is 110 cm³/mol. The lowest BCUT2D eigenvalue weighted by atomic mass is 9.79. The molecule has 0 radical (unpaired) electrons. The molecular weight excluding hydrogens is 367 g/mol. The smallest absolute Gasteiger partial charge is 0.399 e. The van der Waals surface area contributed by atoms with Crippen molar-refractivity contribution < 1.29 is 9.31 Å². The number of aromatic nitrogens is 1. The molecule has 0 atom stereocenters. The molecule has 26 heavy (non-hydrogen) atoms. The third kappa shape index (κ3) is 3.12. The van der Waals surface area contributed by atoms with Gasteiger partial charge >= 0.3 is 7.12 Å². The lowest BCUT2D eigenvalue weighted by molar-refractivity contribution is 0.00578. The quantitative estimate of drug-likeness (QED) is 0.644. The van der Waals surface area contributed by atoms with E-state index in [0.717, 1.165) is 26.5 Å². The van der Waals surface area contributed by atoms with E-state index in [0.29, 0.717) is 5.02 Å². The molecule has 2 heterocycles. The lowest BCUT2D eigenvalue weighted by Crippen LogP contribution is -2.41. The van der Waals surface area contributed by atoms with Crippen molar-refractivity contribution in [3.8, 4) is 0 Å². The van der Waals surface area contributed by atoms with Crippen molar-refractivity contribution in [1.82, 2.24) is 4.98 Å². The van der Waals surface area contributed by atoms with E-state index >= 15 is 0 Å². The average molecular weight is 387 g/mol. The van der Waals surface area contributed by atoms with Gasteiger partial charge in [0.05, 0.1) is 20.9 Å². The highest BCUT2D eigenvalue weighted by Gasteiger charge is 2.51. The maximum absolute atomic E-state index is 6.20. The normalized spacial score (nSPS) is 18.4. The van der Waals surface area contributed by atoms with Gasteiger partial charge in [-0.25, -0.2) is 4.98 Å². The summed E-state index contributed by atoms with van der Waals surface area (Å²) in [7, 11) is -0.352. The molecule has 0 amide bonds. The number of hydrogen-bond donors (Lipinski definition) is 1. The number of nitrogens with one attached hydrogen (secondary N) is 1. The Labute approximate surface area is 162 Å². The SMILES string of the molecule is CC1(C)OB(c2ccc(Nc3nc4c(Cl)cccc4s3)cc2)OC1(C)C. The molecular formula is C19H20BClN2O2S. The highest BCUT2D eigenvalue weighted by Crippen LogP contribution is 2.36. The molecule has 0 aliphatic carbocycles. The summed E-state index contributed by atoms with van der Waals surface area (Å²) in [6, 6.07) is 13.9. The van der Waals surface area contributed by atoms with Crippen LogP contribution in [0.3, 0.4) is 0 Å². The van der Waals surface area contributed by atoms with Crippen molar-refractivity contribution in [3.63, 3.8) is 0 Å². The van der Waals surface area contributed by atoms with Crippen molar-refractivity contribution in [2.45, 2.75) is 38.9 Å². The van der Waals surface area contributed by atoms with Crippen LogP contribution in [0.1, 0.15) is 27.7 Å². The Morgan fingerprint density at radius 2 is 1.65 bits per heavy atom. The summed E-state index contributed by atoms with van der Waals surface area (Å²) in [6.45, 7) is 8.23. The van der Waals surface area contributed by atoms with Crippen LogP contribution in [0, 0.1) is 0 Å². The zero-order valence-electron chi connectivity index (χ0n) is 15.2. The molecule has 134 valence electrons. The van der Waals surface area contributed by atoms with E-state index in [1.165, 1.54) is 0 Å². The molecule has 7 heteroatoms. The van der Waals surface area contributed by atoms with Crippen molar-refractivity contribution in [3.05, 3.63) is 47.5 Å². The monoisotopic (exact) mass is 386 g/mol. The van der Waals surface area contributed by atoms with Gasteiger partial charge in [-0.1, -0.05) is 41.1 Å². The average Bonchev–Trinajstić information content (AvgIpc) is 3.07. The maximum Gasteiger partial charge on any atom is 0.494 e. The third-order valence-electron chi connectivity index (χ3n) is 5.06. The Hall–Kier alpha value is -1.60. The number of fused-ring (bicyclic) bond motifs is 1. The van der Waals surface area contributed by atoms with Crippen LogP contribution in [-0.2, 0) is 9.31 Å². The molecule has 1 N–H and O–H groups in total. The first kappa shape index (κ1) is 17.8. The molecule has 3 aromatic rings. The fraction of sp³-hybridized carbons (Fsp3) is 0.316. The number of rotatable bonds is 3. The van der Waals surface area contributed by atoms with E-state index in [2.05, 4.69) is 38.0 Å². The lowest BCUT2D eigenvalue weighted by Gasteiger charge is -2.32. The number of halogens is 1. The van der Waals surface area contributed by atoms with E-state index in [1.807, 2.05) is 42.5 Å². The Morgan fingerprint density at radius 3 is 2.27 bits per heavy atom. The number of thiazole rings is 1. The topological polar surface area (TPSA) is 43.4 Å². The molecule has 1 saturated heterocycles. The van der Waals surface area contributed by atoms with Crippen LogP contribution >= 0.6 is 22.9 Å². The van der Waals surface area contributed by atoms with Crippen molar-refractivity contribution in [2.75, 3.05) is 5.32 Å². The van der Waals surface area contributed by atoms with Gasteiger partial charge in [-0.15, -0.1) is 0 Å². The molecule has 1 aliphatic heterocycles. The minimum absolute atomic E-state index is 0.338. The zero-order valence-corrected chi connectivity index (χ0v) is 16.7. The summed E-state index contributed by atoms with van der Waals surface area (Å²) >= 11 is 7.78. The van der Waals surface area contributed by atoms with Crippen molar-refractivity contribution >= 4 is 56.6 Å². The van der Waals surface area contributed by atoms with Crippen LogP contribution in [0.25, 0.3) is 10.2 Å². The standard InChI is InChI=1S/C19H20BClN2O2S/c1-18(2)19(3,4)25-20(24-18)12-8-10-13(11-9-12)22-17-23-16-14(21)6-5-7-15(16)26-17/h5-11H,1-4H3,(H,22,23). The molecule has 4 rings (SSSR count). The molecule has 0 bridgehead atoms. The van der Waals surface area contributed by atoms with Crippen LogP contribution in [-0.4, -0.2) is 23.3 Å². The van der Waals surface area contributed by atoms with Gasteiger partial charge in [-0.3, -0.25) is 0 Å². The van der Waals surface area contributed by atoms with E-state index < -0.39 is 0 Å². The van der Waals surface area contributed by atoms with Crippen LogP contribution in [0.5, 0.6) is 0 Å². The summed E-state index contributed by atoms with van der Waals surface area (Å²) in [5.41, 5.74) is 2.11. The van der Waals surface area contributed by atoms with Gasteiger partial charge in [-0.05, 0) is 57.4 Å². The Morgan fingerprint density at radius 1 is 1.00 bits per heavy atom. The second-order valence-electron chi connectivity index (χ2n) is 7.44. The first-order valence-corrected chi connectivity index (χ1v) is 9.72. The molecule has 1 aromatic heterocycles. The highest BCUT2D eigenvalue weighted by molar-refractivity contribution is 7.22. The molecule has 1 fully saturated rings. The second-order valence-corrected chi connectivity index (χ2v) is 8.88. The van der Waals surface area contributed by atoms with Gasteiger partial charge in [0.2, 0.25) is 0 Å². The Balaban J connectivity index is 1.52. The van der Waals surface area contributed by atoms with Crippen LogP contribution in [0.4, 0.5) is 10.8 Å². The highest BCUT2D eigenvalue weighted by atomic mass is 35.5.